The van der Waals surface area contributed by atoms with Gasteiger partial charge in [-0.05, 0) is 36.8 Å². The molecule has 3 heterocycles. The van der Waals surface area contributed by atoms with Gasteiger partial charge in [0.1, 0.15) is 11.5 Å². The van der Waals surface area contributed by atoms with E-state index in [1.807, 2.05) is 13.8 Å². The fourth-order valence-electron chi connectivity index (χ4n) is 3.88. The van der Waals surface area contributed by atoms with E-state index in [0.29, 0.717) is 35.3 Å². The van der Waals surface area contributed by atoms with Crippen molar-refractivity contribution in [3.8, 4) is 17.4 Å². The third-order valence-electron chi connectivity index (χ3n) is 5.49. The quantitative estimate of drug-likeness (QED) is 0.633. The molecule has 1 aliphatic rings. The number of aromatic amines is 1. The van der Waals surface area contributed by atoms with Crippen molar-refractivity contribution < 1.29 is 9.21 Å². The van der Waals surface area contributed by atoms with Crippen molar-refractivity contribution in [1.29, 1.82) is 0 Å². The maximum absolute atomic E-state index is 12.7. The Morgan fingerprint density at radius 1 is 1.30 bits per heavy atom. The first-order chi connectivity index (χ1) is 14.5. The van der Waals surface area contributed by atoms with E-state index in [0.717, 1.165) is 12.8 Å². The Morgan fingerprint density at radius 2 is 2.10 bits per heavy atom. The minimum atomic E-state index is -0.266. The van der Waals surface area contributed by atoms with Gasteiger partial charge in [-0.25, -0.2) is 4.98 Å². The summed E-state index contributed by atoms with van der Waals surface area (Å²) in [7, 11) is 0. The number of hydrogen-bond acceptors (Lipinski definition) is 5. The van der Waals surface area contributed by atoms with Gasteiger partial charge in [0, 0.05) is 18.6 Å². The molecular weight excluding hydrogens is 382 g/mol. The van der Waals surface area contributed by atoms with Gasteiger partial charge in [-0.1, -0.05) is 33.1 Å². The van der Waals surface area contributed by atoms with E-state index in [4.69, 9.17) is 4.42 Å². The molecule has 1 amide bonds. The maximum Gasteiger partial charge on any atom is 0.252 e. The fraction of sp³-hybridized carbons (Fsp3) is 0.455. The first-order valence-electron chi connectivity index (χ1n) is 10.5. The fourth-order valence-corrected chi connectivity index (χ4v) is 3.88. The van der Waals surface area contributed by atoms with Crippen molar-refractivity contribution in [2.24, 2.45) is 5.92 Å². The molecule has 1 fully saturated rings. The van der Waals surface area contributed by atoms with Gasteiger partial charge in [-0.3, -0.25) is 14.6 Å². The second-order valence-corrected chi connectivity index (χ2v) is 8.21. The highest BCUT2D eigenvalue weighted by molar-refractivity contribution is 5.90. The van der Waals surface area contributed by atoms with Crippen LogP contribution in [-0.4, -0.2) is 25.7 Å². The number of amides is 1. The summed E-state index contributed by atoms with van der Waals surface area (Å²) in [5.41, 5.74) is 0.937. The summed E-state index contributed by atoms with van der Waals surface area (Å²) in [6.07, 6.45) is 7.86. The molecular formula is C22H27N5O3. The Morgan fingerprint density at radius 3 is 2.80 bits per heavy atom. The van der Waals surface area contributed by atoms with Crippen LogP contribution in [-0.2, 0) is 4.79 Å². The van der Waals surface area contributed by atoms with E-state index in [9.17, 15) is 9.59 Å². The largest absolute Gasteiger partial charge is 0.463 e. The number of H-pyrrole nitrogens is 1. The Bertz CT molecular complexity index is 1060. The molecule has 3 aromatic rings. The number of carbonyl (C=O) groups is 1. The van der Waals surface area contributed by atoms with Crippen LogP contribution >= 0.6 is 0 Å². The zero-order chi connectivity index (χ0) is 21.1. The second-order valence-electron chi connectivity index (χ2n) is 8.21. The second kappa shape index (κ2) is 8.69. The predicted molar refractivity (Wildman–Crippen MR) is 114 cm³/mol. The van der Waals surface area contributed by atoms with Gasteiger partial charge in [-0.2, -0.15) is 9.78 Å². The van der Waals surface area contributed by atoms with E-state index >= 15 is 0 Å². The molecule has 0 spiro atoms. The monoisotopic (exact) mass is 409 g/mol. The van der Waals surface area contributed by atoms with Crippen LogP contribution in [0.15, 0.2) is 39.7 Å². The average molecular weight is 409 g/mol. The van der Waals surface area contributed by atoms with Gasteiger partial charge < -0.3 is 9.73 Å². The van der Waals surface area contributed by atoms with E-state index in [1.54, 1.807) is 24.5 Å². The molecule has 0 saturated heterocycles. The topological polar surface area (TPSA) is 106 Å². The maximum atomic E-state index is 12.7. The van der Waals surface area contributed by atoms with Crippen molar-refractivity contribution in [2.45, 2.75) is 58.3 Å². The molecule has 4 rings (SSSR count). The summed E-state index contributed by atoms with van der Waals surface area (Å²) in [5, 5.41) is 7.50. The third-order valence-corrected chi connectivity index (χ3v) is 5.49. The Labute approximate surface area is 174 Å². The number of aromatic nitrogens is 4. The molecule has 3 aromatic heterocycles. The average Bonchev–Trinajstić information content (AvgIpc) is 3.38. The first-order valence-corrected chi connectivity index (χ1v) is 10.5. The lowest BCUT2D eigenvalue weighted by Gasteiger charge is -2.20. The molecule has 1 saturated carbocycles. The van der Waals surface area contributed by atoms with Gasteiger partial charge in [0.15, 0.2) is 5.76 Å². The zero-order valence-electron chi connectivity index (χ0n) is 17.4. The number of furan rings is 1. The lowest BCUT2D eigenvalue weighted by Crippen LogP contribution is -2.21. The van der Waals surface area contributed by atoms with Crippen LogP contribution in [0.4, 0.5) is 5.82 Å². The van der Waals surface area contributed by atoms with Gasteiger partial charge in [0.25, 0.3) is 5.56 Å². The standard InChI is InChI=1S/C22H27N5O3/c1-14(2)16-13-21(29)25-22(23-16)27-19(12-17(26-27)18-9-6-10-30-18)24-20(28)11-15-7-4-3-5-8-15/h6,9-10,12-15H,3-5,7-8,11H2,1-2H3,(H,24,28)(H,23,25,29). The van der Waals surface area contributed by atoms with Gasteiger partial charge in [0.05, 0.1) is 12.0 Å². The molecule has 0 atom stereocenters. The van der Waals surface area contributed by atoms with Crippen LogP contribution in [0.5, 0.6) is 0 Å². The predicted octanol–water partition coefficient (Wildman–Crippen LogP) is 4.25. The molecule has 0 aliphatic heterocycles. The van der Waals surface area contributed by atoms with Crippen LogP contribution in [0.25, 0.3) is 17.4 Å². The summed E-state index contributed by atoms with van der Waals surface area (Å²) >= 11 is 0. The Balaban J connectivity index is 1.67. The summed E-state index contributed by atoms with van der Waals surface area (Å²) < 4.78 is 6.92. The minimum Gasteiger partial charge on any atom is -0.463 e. The molecule has 1 aliphatic carbocycles. The summed E-state index contributed by atoms with van der Waals surface area (Å²) in [4.78, 5) is 32.2. The highest BCUT2D eigenvalue weighted by Gasteiger charge is 2.21. The van der Waals surface area contributed by atoms with Crippen molar-refractivity contribution >= 4 is 11.7 Å². The van der Waals surface area contributed by atoms with Crippen molar-refractivity contribution in [3.63, 3.8) is 0 Å². The molecule has 158 valence electrons. The Kier molecular flexibility index (Phi) is 5.83. The summed E-state index contributed by atoms with van der Waals surface area (Å²) in [6, 6.07) is 6.78. The molecule has 0 radical (unpaired) electrons. The number of rotatable bonds is 6. The van der Waals surface area contributed by atoms with Crippen LogP contribution in [0.1, 0.15) is 64.0 Å². The SMILES string of the molecule is CC(C)c1cc(=O)[nH]c(-n2nc(-c3ccco3)cc2NC(=O)CC2CCCCC2)n1. The smallest absolute Gasteiger partial charge is 0.252 e. The minimum absolute atomic E-state index is 0.0589. The number of nitrogens with zero attached hydrogens (tertiary/aromatic N) is 3. The van der Waals surface area contributed by atoms with Crippen molar-refractivity contribution in [1.82, 2.24) is 19.7 Å². The number of nitrogens with one attached hydrogen (secondary N) is 2. The highest BCUT2D eigenvalue weighted by atomic mass is 16.3. The first kappa shape index (κ1) is 20.1. The molecule has 8 heteroatoms. The summed E-state index contributed by atoms with van der Waals surface area (Å²) in [5.74, 6) is 1.72. The van der Waals surface area contributed by atoms with Crippen LogP contribution < -0.4 is 10.9 Å². The van der Waals surface area contributed by atoms with Crippen molar-refractivity contribution in [3.05, 3.63) is 46.6 Å². The van der Waals surface area contributed by atoms with Gasteiger partial charge >= 0.3 is 0 Å². The molecule has 2 N–H and O–H groups in total. The van der Waals surface area contributed by atoms with E-state index in [1.165, 1.54) is 30.0 Å². The molecule has 0 unspecified atom stereocenters. The summed E-state index contributed by atoms with van der Waals surface area (Å²) in [6.45, 7) is 3.94. The molecule has 0 bridgehead atoms. The van der Waals surface area contributed by atoms with Crippen LogP contribution in [0, 0.1) is 5.92 Å². The molecule has 30 heavy (non-hydrogen) atoms. The lowest BCUT2D eigenvalue weighted by atomic mass is 9.87. The van der Waals surface area contributed by atoms with E-state index in [-0.39, 0.29) is 23.3 Å². The highest BCUT2D eigenvalue weighted by Crippen LogP contribution is 2.28. The third kappa shape index (κ3) is 4.53. The van der Waals surface area contributed by atoms with Gasteiger partial charge in [-0.15, -0.1) is 0 Å². The van der Waals surface area contributed by atoms with E-state index < -0.39 is 0 Å². The molecule has 8 nitrogen and oxygen atoms in total. The zero-order valence-corrected chi connectivity index (χ0v) is 17.4. The number of hydrogen-bond donors (Lipinski definition) is 2. The molecule has 0 aromatic carbocycles. The Hall–Kier alpha value is -3.16. The van der Waals surface area contributed by atoms with Crippen LogP contribution in [0.2, 0.25) is 0 Å². The lowest BCUT2D eigenvalue weighted by molar-refractivity contribution is -0.117. The van der Waals surface area contributed by atoms with E-state index in [2.05, 4.69) is 20.4 Å². The normalized spacial score (nSPS) is 14.9. The van der Waals surface area contributed by atoms with Crippen LogP contribution in [0.3, 0.4) is 0 Å². The number of anilines is 1. The van der Waals surface area contributed by atoms with Gasteiger partial charge in [0.2, 0.25) is 11.9 Å². The van der Waals surface area contributed by atoms with Crippen molar-refractivity contribution in [2.75, 3.05) is 5.32 Å². The number of carbonyl (C=O) groups excluding carboxylic acids is 1.